The molecular formula is C10H15NO. The number of hydrogen-bond acceptors (Lipinski definition) is 2. The smallest absolute Gasteiger partial charge is 0.0502 e. The Balaban J connectivity index is 2.80. The molecule has 0 spiro atoms. The monoisotopic (exact) mass is 165 g/mol. The molecule has 1 aromatic heterocycles. The number of pyridine rings is 1. The van der Waals surface area contributed by atoms with Crippen LogP contribution in [0.3, 0.4) is 0 Å². The van der Waals surface area contributed by atoms with Gasteiger partial charge in [0.1, 0.15) is 0 Å². The minimum absolute atomic E-state index is 0.210. The summed E-state index contributed by atoms with van der Waals surface area (Å²) < 4.78 is 0. The van der Waals surface area contributed by atoms with Gasteiger partial charge in [-0.05, 0) is 23.6 Å². The summed E-state index contributed by atoms with van der Waals surface area (Å²) in [5.74, 6) is 0.713. The molecule has 0 bridgehead atoms. The Kier molecular flexibility index (Phi) is 3.23. The van der Waals surface area contributed by atoms with Crippen molar-refractivity contribution in [1.82, 2.24) is 4.98 Å². The van der Waals surface area contributed by atoms with Crippen molar-refractivity contribution < 1.29 is 5.11 Å². The molecule has 1 rings (SSSR count). The average Bonchev–Trinajstić information content (AvgIpc) is 2.07. The molecule has 2 heteroatoms. The molecule has 0 aliphatic carbocycles. The minimum atomic E-state index is 0.210. The molecule has 1 unspecified atom stereocenters. The van der Waals surface area contributed by atoms with Gasteiger partial charge in [-0.15, -0.1) is 0 Å². The zero-order valence-corrected chi connectivity index (χ0v) is 7.57. The Hall–Kier alpha value is -0.890. The van der Waals surface area contributed by atoms with Crippen molar-refractivity contribution in [2.75, 3.05) is 6.61 Å². The second-order valence-corrected chi connectivity index (χ2v) is 3.31. The fourth-order valence-electron chi connectivity index (χ4n) is 1.31. The maximum absolute atomic E-state index is 9.13. The molecule has 0 saturated carbocycles. The van der Waals surface area contributed by atoms with E-state index in [1.807, 2.05) is 12.1 Å². The van der Waals surface area contributed by atoms with Crippen molar-refractivity contribution in [3.63, 3.8) is 0 Å². The van der Waals surface area contributed by atoms with Crippen LogP contribution < -0.4 is 0 Å². The van der Waals surface area contributed by atoms with Crippen molar-refractivity contribution >= 4 is 0 Å². The first kappa shape index (κ1) is 9.20. The highest BCUT2D eigenvalue weighted by molar-refractivity contribution is 5.16. The van der Waals surface area contributed by atoms with Gasteiger partial charge in [0.05, 0.1) is 6.61 Å². The number of rotatable bonds is 3. The molecule has 1 heterocycles. The molecule has 0 aliphatic heterocycles. The van der Waals surface area contributed by atoms with Crippen molar-refractivity contribution in [1.29, 1.82) is 0 Å². The van der Waals surface area contributed by atoms with E-state index in [1.54, 1.807) is 12.4 Å². The first-order valence-electron chi connectivity index (χ1n) is 4.26. The van der Waals surface area contributed by atoms with Gasteiger partial charge in [-0.25, -0.2) is 0 Å². The topological polar surface area (TPSA) is 33.1 Å². The average molecular weight is 165 g/mol. The lowest BCUT2D eigenvalue weighted by molar-refractivity contribution is 0.237. The highest BCUT2D eigenvalue weighted by atomic mass is 16.3. The van der Waals surface area contributed by atoms with Crippen molar-refractivity contribution in [3.8, 4) is 0 Å². The van der Waals surface area contributed by atoms with E-state index in [-0.39, 0.29) is 12.5 Å². The van der Waals surface area contributed by atoms with E-state index in [0.717, 1.165) is 0 Å². The van der Waals surface area contributed by atoms with Crippen LogP contribution in [0.4, 0.5) is 0 Å². The summed E-state index contributed by atoms with van der Waals surface area (Å²) in [6, 6.07) is 3.92. The van der Waals surface area contributed by atoms with E-state index in [9.17, 15) is 0 Å². The van der Waals surface area contributed by atoms with E-state index in [4.69, 9.17) is 5.11 Å². The molecule has 0 fully saturated rings. The highest BCUT2D eigenvalue weighted by Crippen LogP contribution is 2.22. The van der Waals surface area contributed by atoms with Crippen LogP contribution >= 0.6 is 0 Å². The standard InChI is InChI=1S/C10H15NO/c1-8(2)10(7-12)9-3-5-11-6-4-9/h3-6,8,10,12H,7H2,1-2H3. The fraction of sp³-hybridized carbons (Fsp3) is 0.500. The van der Waals surface area contributed by atoms with Crippen LogP contribution in [-0.2, 0) is 0 Å². The van der Waals surface area contributed by atoms with Gasteiger partial charge < -0.3 is 5.11 Å². The largest absolute Gasteiger partial charge is 0.396 e. The maximum Gasteiger partial charge on any atom is 0.0502 e. The summed E-state index contributed by atoms with van der Waals surface area (Å²) >= 11 is 0. The molecule has 12 heavy (non-hydrogen) atoms. The Bertz CT molecular complexity index is 221. The molecule has 66 valence electrons. The van der Waals surface area contributed by atoms with Gasteiger partial charge in [-0.3, -0.25) is 4.98 Å². The van der Waals surface area contributed by atoms with Gasteiger partial charge in [0.15, 0.2) is 0 Å². The molecule has 1 N–H and O–H groups in total. The predicted octanol–water partition coefficient (Wildman–Crippen LogP) is 1.81. The van der Waals surface area contributed by atoms with Gasteiger partial charge in [-0.1, -0.05) is 13.8 Å². The summed E-state index contributed by atoms with van der Waals surface area (Å²) in [4.78, 5) is 3.94. The lowest BCUT2D eigenvalue weighted by Gasteiger charge is -2.17. The first-order chi connectivity index (χ1) is 5.75. The summed E-state index contributed by atoms with van der Waals surface area (Å²) in [6.07, 6.45) is 3.53. The van der Waals surface area contributed by atoms with Gasteiger partial charge >= 0.3 is 0 Å². The SMILES string of the molecule is CC(C)C(CO)c1ccncc1. The van der Waals surface area contributed by atoms with Crippen molar-refractivity contribution in [2.45, 2.75) is 19.8 Å². The summed E-state index contributed by atoms with van der Waals surface area (Å²) in [6.45, 7) is 4.43. The molecule has 0 radical (unpaired) electrons. The number of aliphatic hydroxyl groups is 1. The highest BCUT2D eigenvalue weighted by Gasteiger charge is 2.13. The molecule has 1 atom stereocenters. The number of aliphatic hydroxyl groups excluding tert-OH is 1. The number of hydrogen-bond donors (Lipinski definition) is 1. The molecule has 2 nitrogen and oxygen atoms in total. The Morgan fingerprint density at radius 2 is 1.92 bits per heavy atom. The summed E-state index contributed by atoms with van der Waals surface area (Å²) in [5.41, 5.74) is 1.17. The molecule has 0 aromatic carbocycles. The van der Waals surface area contributed by atoms with Gasteiger partial charge in [0.2, 0.25) is 0 Å². The summed E-state index contributed by atoms with van der Waals surface area (Å²) in [7, 11) is 0. The van der Waals surface area contributed by atoms with Gasteiger partial charge in [0.25, 0.3) is 0 Å². The second kappa shape index (κ2) is 4.21. The molecule has 0 saturated heterocycles. The van der Waals surface area contributed by atoms with Crippen LogP contribution in [0.25, 0.3) is 0 Å². The van der Waals surface area contributed by atoms with E-state index >= 15 is 0 Å². The van der Waals surface area contributed by atoms with Gasteiger partial charge in [0, 0.05) is 18.3 Å². The van der Waals surface area contributed by atoms with Crippen LogP contribution in [0.1, 0.15) is 25.3 Å². The van der Waals surface area contributed by atoms with E-state index in [1.165, 1.54) is 5.56 Å². The quantitative estimate of drug-likeness (QED) is 0.741. The second-order valence-electron chi connectivity index (χ2n) is 3.31. The van der Waals surface area contributed by atoms with E-state index < -0.39 is 0 Å². The number of aromatic nitrogens is 1. The van der Waals surface area contributed by atoms with Crippen LogP contribution in [0, 0.1) is 5.92 Å². The number of nitrogens with zero attached hydrogens (tertiary/aromatic N) is 1. The minimum Gasteiger partial charge on any atom is -0.396 e. The van der Waals surface area contributed by atoms with Crippen molar-refractivity contribution in [2.24, 2.45) is 5.92 Å². The summed E-state index contributed by atoms with van der Waals surface area (Å²) in [5, 5.41) is 9.13. The lowest BCUT2D eigenvalue weighted by Crippen LogP contribution is -2.10. The predicted molar refractivity (Wildman–Crippen MR) is 48.9 cm³/mol. The normalized spacial score (nSPS) is 13.3. The zero-order valence-electron chi connectivity index (χ0n) is 7.57. The van der Waals surface area contributed by atoms with Crippen LogP contribution in [0.5, 0.6) is 0 Å². The van der Waals surface area contributed by atoms with Crippen LogP contribution in [0.2, 0.25) is 0 Å². The van der Waals surface area contributed by atoms with Crippen LogP contribution in [-0.4, -0.2) is 16.7 Å². The molecule has 0 amide bonds. The fourth-order valence-corrected chi connectivity index (χ4v) is 1.31. The third-order valence-electron chi connectivity index (χ3n) is 2.14. The van der Waals surface area contributed by atoms with Gasteiger partial charge in [-0.2, -0.15) is 0 Å². The van der Waals surface area contributed by atoms with Crippen molar-refractivity contribution in [3.05, 3.63) is 30.1 Å². The Morgan fingerprint density at radius 1 is 1.33 bits per heavy atom. The third-order valence-corrected chi connectivity index (χ3v) is 2.14. The Morgan fingerprint density at radius 3 is 2.33 bits per heavy atom. The Labute approximate surface area is 73.3 Å². The zero-order chi connectivity index (χ0) is 8.97. The maximum atomic E-state index is 9.13. The van der Waals surface area contributed by atoms with Crippen LogP contribution in [0.15, 0.2) is 24.5 Å². The van der Waals surface area contributed by atoms with E-state index in [2.05, 4.69) is 18.8 Å². The molecular weight excluding hydrogens is 150 g/mol. The van der Waals surface area contributed by atoms with E-state index in [0.29, 0.717) is 5.92 Å². The molecule has 0 aliphatic rings. The lowest BCUT2D eigenvalue weighted by atomic mass is 9.90. The first-order valence-corrected chi connectivity index (χ1v) is 4.26. The third kappa shape index (κ3) is 2.05. The molecule has 1 aromatic rings.